The maximum Gasteiger partial charge on any atom is 0.227 e. The molecule has 2 fully saturated rings. The minimum Gasteiger partial charge on any atom is -0.342 e. The quantitative estimate of drug-likeness (QED) is 0.768. The monoisotopic (exact) mass is 396 g/mol. The van der Waals surface area contributed by atoms with Gasteiger partial charge in [0.25, 0.3) is 0 Å². The third kappa shape index (κ3) is 4.72. The van der Waals surface area contributed by atoms with Gasteiger partial charge in [-0.15, -0.1) is 0 Å². The van der Waals surface area contributed by atoms with Gasteiger partial charge < -0.3 is 10.2 Å². The molecule has 26 heavy (non-hydrogen) atoms. The Kier molecular flexibility index (Phi) is 6.82. The Morgan fingerprint density at radius 2 is 1.54 bits per heavy atom. The van der Waals surface area contributed by atoms with Crippen LogP contribution in [-0.2, 0) is 9.59 Å². The van der Waals surface area contributed by atoms with Crippen molar-refractivity contribution in [2.45, 2.75) is 51.4 Å². The molecule has 1 N–H and O–H groups in total. The summed E-state index contributed by atoms with van der Waals surface area (Å²) in [6, 6.07) is 5.21. The number of amides is 2. The molecule has 1 saturated carbocycles. The van der Waals surface area contributed by atoms with E-state index in [0.717, 1.165) is 51.6 Å². The lowest BCUT2D eigenvalue weighted by atomic mass is 9.81. The SMILES string of the molecule is O=C(Nc1cccc(Cl)c1Cl)C1CCC(C(=O)N2CCCCCC2)CC1. The average Bonchev–Trinajstić information content (AvgIpc) is 2.94. The van der Waals surface area contributed by atoms with Crippen molar-refractivity contribution in [3.8, 4) is 0 Å². The van der Waals surface area contributed by atoms with Gasteiger partial charge in [0.05, 0.1) is 15.7 Å². The third-order valence-electron chi connectivity index (χ3n) is 5.57. The molecule has 0 radical (unpaired) electrons. The van der Waals surface area contributed by atoms with Gasteiger partial charge in [-0.1, -0.05) is 42.1 Å². The molecule has 1 aliphatic carbocycles. The van der Waals surface area contributed by atoms with E-state index in [1.807, 2.05) is 4.90 Å². The smallest absolute Gasteiger partial charge is 0.227 e. The summed E-state index contributed by atoms with van der Waals surface area (Å²) in [5.74, 6) is 0.267. The minimum absolute atomic E-state index is 0.0326. The first-order valence-corrected chi connectivity index (χ1v) is 10.4. The van der Waals surface area contributed by atoms with E-state index in [1.165, 1.54) is 12.8 Å². The highest BCUT2D eigenvalue weighted by molar-refractivity contribution is 6.44. The van der Waals surface area contributed by atoms with Gasteiger partial charge in [0, 0.05) is 24.9 Å². The lowest BCUT2D eigenvalue weighted by Crippen LogP contribution is -2.39. The minimum atomic E-state index is -0.0711. The number of hydrogen-bond donors (Lipinski definition) is 1. The molecule has 2 aliphatic rings. The molecule has 1 heterocycles. The largest absolute Gasteiger partial charge is 0.342 e. The van der Waals surface area contributed by atoms with E-state index in [1.54, 1.807) is 18.2 Å². The summed E-state index contributed by atoms with van der Waals surface area (Å²) in [6.07, 6.45) is 7.75. The van der Waals surface area contributed by atoms with Crippen molar-refractivity contribution in [2.75, 3.05) is 18.4 Å². The van der Waals surface area contributed by atoms with E-state index in [2.05, 4.69) is 5.32 Å². The van der Waals surface area contributed by atoms with Crippen LogP contribution < -0.4 is 5.32 Å². The molecule has 0 bridgehead atoms. The van der Waals surface area contributed by atoms with Gasteiger partial charge in [-0.05, 0) is 50.7 Å². The highest BCUT2D eigenvalue weighted by Crippen LogP contribution is 2.33. The van der Waals surface area contributed by atoms with Gasteiger partial charge in [-0.3, -0.25) is 9.59 Å². The molecule has 1 aliphatic heterocycles. The van der Waals surface area contributed by atoms with Crippen molar-refractivity contribution >= 4 is 40.7 Å². The van der Waals surface area contributed by atoms with Crippen molar-refractivity contribution in [3.05, 3.63) is 28.2 Å². The number of likely N-dealkylation sites (tertiary alicyclic amines) is 1. The highest BCUT2D eigenvalue weighted by Gasteiger charge is 2.32. The fourth-order valence-corrected chi connectivity index (χ4v) is 4.33. The van der Waals surface area contributed by atoms with E-state index < -0.39 is 0 Å². The maximum atomic E-state index is 12.7. The summed E-state index contributed by atoms with van der Waals surface area (Å²) in [4.78, 5) is 27.3. The van der Waals surface area contributed by atoms with Gasteiger partial charge in [0.15, 0.2) is 0 Å². The molecule has 0 atom stereocenters. The zero-order chi connectivity index (χ0) is 18.5. The van der Waals surface area contributed by atoms with E-state index in [9.17, 15) is 9.59 Å². The normalized spacial score (nSPS) is 24.0. The van der Waals surface area contributed by atoms with Crippen LogP contribution in [0.25, 0.3) is 0 Å². The van der Waals surface area contributed by atoms with Crippen molar-refractivity contribution in [2.24, 2.45) is 11.8 Å². The van der Waals surface area contributed by atoms with Crippen LogP contribution >= 0.6 is 23.2 Å². The van der Waals surface area contributed by atoms with Crippen LogP contribution in [0.4, 0.5) is 5.69 Å². The molecule has 3 rings (SSSR count). The summed E-state index contributed by atoms with van der Waals surface area (Å²) < 4.78 is 0. The molecule has 1 aromatic rings. The first-order valence-electron chi connectivity index (χ1n) is 9.60. The van der Waals surface area contributed by atoms with Crippen molar-refractivity contribution in [3.63, 3.8) is 0 Å². The maximum absolute atomic E-state index is 12.7. The lowest BCUT2D eigenvalue weighted by molar-refractivity contribution is -0.137. The van der Waals surface area contributed by atoms with Gasteiger partial charge in [-0.25, -0.2) is 0 Å². The number of anilines is 1. The average molecular weight is 397 g/mol. The number of halogens is 2. The molecule has 4 nitrogen and oxygen atoms in total. The van der Waals surface area contributed by atoms with Crippen LogP contribution in [0.15, 0.2) is 18.2 Å². The van der Waals surface area contributed by atoms with Crippen LogP contribution in [0.5, 0.6) is 0 Å². The predicted octanol–water partition coefficient (Wildman–Crippen LogP) is 5.14. The topological polar surface area (TPSA) is 49.4 Å². The molecule has 1 aromatic carbocycles. The third-order valence-corrected chi connectivity index (χ3v) is 6.39. The second-order valence-electron chi connectivity index (χ2n) is 7.38. The van der Waals surface area contributed by atoms with Crippen LogP contribution in [0.3, 0.4) is 0 Å². The fraction of sp³-hybridized carbons (Fsp3) is 0.600. The van der Waals surface area contributed by atoms with E-state index >= 15 is 0 Å². The Morgan fingerprint density at radius 1 is 0.923 bits per heavy atom. The van der Waals surface area contributed by atoms with Crippen molar-refractivity contribution in [1.29, 1.82) is 0 Å². The van der Waals surface area contributed by atoms with Crippen molar-refractivity contribution in [1.82, 2.24) is 4.90 Å². The molecular weight excluding hydrogens is 371 g/mol. The zero-order valence-corrected chi connectivity index (χ0v) is 16.5. The number of carbonyl (C=O) groups is 2. The summed E-state index contributed by atoms with van der Waals surface area (Å²) in [7, 11) is 0. The number of nitrogens with zero attached hydrogens (tertiary/aromatic N) is 1. The van der Waals surface area contributed by atoms with Crippen LogP contribution in [0.1, 0.15) is 51.4 Å². The fourth-order valence-electron chi connectivity index (χ4n) is 3.99. The van der Waals surface area contributed by atoms with E-state index in [4.69, 9.17) is 23.2 Å². The second-order valence-corrected chi connectivity index (χ2v) is 8.16. The molecule has 6 heteroatoms. The molecule has 0 unspecified atom stereocenters. The molecule has 0 aromatic heterocycles. The number of carbonyl (C=O) groups excluding carboxylic acids is 2. The van der Waals surface area contributed by atoms with Gasteiger partial charge >= 0.3 is 0 Å². The van der Waals surface area contributed by atoms with E-state index in [0.29, 0.717) is 21.6 Å². The van der Waals surface area contributed by atoms with Crippen molar-refractivity contribution < 1.29 is 9.59 Å². The molecule has 142 valence electrons. The Bertz CT molecular complexity index is 649. The van der Waals surface area contributed by atoms with Crippen LogP contribution in [0.2, 0.25) is 10.0 Å². The number of benzene rings is 1. The standard InChI is InChI=1S/C20H26Cl2N2O2/c21-16-6-5-7-17(18(16)22)23-19(25)14-8-10-15(11-9-14)20(26)24-12-3-1-2-4-13-24/h5-7,14-15H,1-4,8-13H2,(H,23,25). The summed E-state index contributed by atoms with van der Waals surface area (Å²) in [5.41, 5.74) is 0.548. The molecular formula is C20H26Cl2N2O2. The molecule has 2 amide bonds. The lowest BCUT2D eigenvalue weighted by Gasteiger charge is -2.31. The first-order chi connectivity index (χ1) is 12.6. The summed E-state index contributed by atoms with van der Waals surface area (Å²) in [6.45, 7) is 1.79. The van der Waals surface area contributed by atoms with E-state index in [-0.39, 0.29) is 17.7 Å². The Balaban J connectivity index is 1.52. The summed E-state index contributed by atoms with van der Waals surface area (Å²) >= 11 is 12.1. The van der Waals surface area contributed by atoms with Gasteiger partial charge in [-0.2, -0.15) is 0 Å². The Hall–Kier alpha value is -1.26. The Labute approximate surface area is 165 Å². The number of hydrogen-bond acceptors (Lipinski definition) is 2. The van der Waals surface area contributed by atoms with Gasteiger partial charge in [0.2, 0.25) is 11.8 Å². The van der Waals surface area contributed by atoms with Crippen LogP contribution in [-0.4, -0.2) is 29.8 Å². The molecule has 0 spiro atoms. The number of nitrogens with one attached hydrogen (secondary N) is 1. The van der Waals surface area contributed by atoms with Crippen LogP contribution in [0, 0.1) is 11.8 Å². The second kappa shape index (κ2) is 9.09. The summed E-state index contributed by atoms with van der Waals surface area (Å²) in [5, 5.41) is 3.68. The molecule has 1 saturated heterocycles. The zero-order valence-electron chi connectivity index (χ0n) is 15.0. The number of rotatable bonds is 3. The Morgan fingerprint density at radius 3 is 2.19 bits per heavy atom. The first kappa shape index (κ1) is 19.5. The predicted molar refractivity (Wildman–Crippen MR) is 106 cm³/mol. The highest BCUT2D eigenvalue weighted by atomic mass is 35.5. The van der Waals surface area contributed by atoms with Gasteiger partial charge in [0.1, 0.15) is 0 Å².